The predicted molar refractivity (Wildman–Crippen MR) is 115 cm³/mol. The van der Waals surface area contributed by atoms with Gasteiger partial charge in [0.1, 0.15) is 11.5 Å². The minimum atomic E-state index is -0.0269. The number of aromatic nitrogens is 4. The Morgan fingerprint density at radius 3 is 2.57 bits per heavy atom. The van der Waals surface area contributed by atoms with Gasteiger partial charge in [-0.25, -0.2) is 9.97 Å². The molecule has 1 aliphatic carbocycles. The van der Waals surface area contributed by atoms with E-state index >= 15 is 0 Å². The molecule has 3 heterocycles. The fourth-order valence-electron chi connectivity index (χ4n) is 3.93. The molecule has 0 aliphatic heterocycles. The number of fused-ring (bicyclic) bond motifs is 1. The van der Waals surface area contributed by atoms with Crippen LogP contribution in [0.15, 0.2) is 30.6 Å². The van der Waals surface area contributed by atoms with E-state index in [0.29, 0.717) is 29.8 Å². The number of nitrogens with one attached hydrogen (secondary N) is 1. The molecule has 3 aromatic heterocycles. The van der Waals surface area contributed by atoms with Crippen LogP contribution >= 0.6 is 0 Å². The maximum Gasteiger partial charge on any atom is 0.230 e. The fraction of sp³-hybridized carbons (Fsp3) is 0.409. The summed E-state index contributed by atoms with van der Waals surface area (Å²) in [6.07, 6.45) is 8.22. The first-order valence-corrected chi connectivity index (χ1v) is 10.2. The zero-order valence-electron chi connectivity index (χ0n) is 17.6. The molecule has 156 valence electrons. The quantitative estimate of drug-likeness (QED) is 0.630. The minimum Gasteiger partial charge on any atom is -0.348 e. The Balaban J connectivity index is 1.69. The molecule has 0 saturated heterocycles. The Hall–Kier alpha value is -3.29. The van der Waals surface area contributed by atoms with Crippen molar-refractivity contribution in [3.8, 4) is 0 Å². The molecule has 30 heavy (non-hydrogen) atoms. The van der Waals surface area contributed by atoms with Gasteiger partial charge in [0.05, 0.1) is 6.42 Å². The van der Waals surface area contributed by atoms with E-state index in [4.69, 9.17) is 4.98 Å². The zero-order valence-corrected chi connectivity index (χ0v) is 17.6. The molecule has 0 bridgehead atoms. The first-order chi connectivity index (χ1) is 14.4. The van der Waals surface area contributed by atoms with Crippen molar-refractivity contribution in [3.05, 3.63) is 41.9 Å². The number of hydrogen-bond acceptors (Lipinski definition) is 6. The van der Waals surface area contributed by atoms with E-state index < -0.39 is 0 Å². The van der Waals surface area contributed by atoms with Gasteiger partial charge >= 0.3 is 0 Å². The van der Waals surface area contributed by atoms with E-state index in [2.05, 4.69) is 19.9 Å². The Kier molecular flexibility index (Phi) is 5.48. The molecule has 1 aliphatic rings. The highest BCUT2D eigenvalue weighted by Crippen LogP contribution is 2.34. The highest BCUT2D eigenvalue weighted by molar-refractivity contribution is 5.93. The molecule has 0 aromatic carbocycles. The standard InChI is InChI=1S/C22H26N6O2/c1-14(29)15-8-9-19(23-12-15)25-22-24-13-16-10-18(11-20(30)27(2)3)28(21(16)26-22)17-6-4-5-7-17/h8-10,12-13,17H,4-7,11H2,1-3H3,(H,23,24,25,26). The van der Waals surface area contributed by atoms with E-state index in [9.17, 15) is 9.59 Å². The van der Waals surface area contributed by atoms with Crippen LogP contribution in [0.2, 0.25) is 0 Å². The SMILES string of the molecule is CC(=O)c1ccc(Nc2ncc3cc(CC(=O)N(C)C)n(C4CCCC4)c3n2)nc1. The average Bonchev–Trinajstić information content (AvgIpc) is 3.35. The van der Waals surface area contributed by atoms with Gasteiger partial charge in [0.15, 0.2) is 5.78 Å². The lowest BCUT2D eigenvalue weighted by Crippen LogP contribution is -2.25. The molecule has 8 heteroatoms. The summed E-state index contributed by atoms with van der Waals surface area (Å²) in [5.41, 5.74) is 2.37. The van der Waals surface area contributed by atoms with Crippen LogP contribution in [0.1, 0.15) is 54.7 Å². The molecule has 4 rings (SSSR count). The third-order valence-corrected chi connectivity index (χ3v) is 5.59. The molecule has 0 unspecified atom stereocenters. The molecule has 8 nitrogen and oxygen atoms in total. The number of carbonyl (C=O) groups excluding carboxylic acids is 2. The van der Waals surface area contributed by atoms with Crippen LogP contribution in [-0.4, -0.2) is 50.2 Å². The van der Waals surface area contributed by atoms with Gasteiger partial charge in [-0.15, -0.1) is 0 Å². The monoisotopic (exact) mass is 406 g/mol. The molecule has 3 aromatic rings. The van der Waals surface area contributed by atoms with Crippen molar-refractivity contribution in [2.45, 2.75) is 45.1 Å². The van der Waals surface area contributed by atoms with Gasteiger partial charge in [0.25, 0.3) is 0 Å². The summed E-state index contributed by atoms with van der Waals surface area (Å²) in [6.45, 7) is 1.51. The summed E-state index contributed by atoms with van der Waals surface area (Å²) >= 11 is 0. The van der Waals surface area contributed by atoms with E-state index in [1.165, 1.54) is 26.0 Å². The number of Topliss-reactive ketones (excluding diaryl/α,β-unsaturated/α-hetero) is 1. The average molecular weight is 406 g/mol. The number of carbonyl (C=O) groups is 2. The number of hydrogen-bond donors (Lipinski definition) is 1. The summed E-state index contributed by atoms with van der Waals surface area (Å²) in [5.74, 6) is 1.05. The molecule has 1 saturated carbocycles. The number of pyridine rings is 1. The smallest absolute Gasteiger partial charge is 0.230 e. The Bertz CT molecular complexity index is 1080. The zero-order chi connectivity index (χ0) is 21.3. The molecule has 0 radical (unpaired) electrons. The maximum atomic E-state index is 12.4. The van der Waals surface area contributed by atoms with E-state index in [0.717, 1.165) is 29.6 Å². The maximum absolute atomic E-state index is 12.4. The first-order valence-electron chi connectivity index (χ1n) is 10.2. The van der Waals surface area contributed by atoms with Gasteiger partial charge in [0.2, 0.25) is 11.9 Å². The van der Waals surface area contributed by atoms with Crippen LogP contribution in [0.3, 0.4) is 0 Å². The van der Waals surface area contributed by atoms with Gasteiger partial charge in [-0.1, -0.05) is 12.8 Å². The van der Waals surface area contributed by atoms with Crippen molar-refractivity contribution in [2.75, 3.05) is 19.4 Å². The van der Waals surface area contributed by atoms with Crippen molar-refractivity contribution in [1.29, 1.82) is 0 Å². The topological polar surface area (TPSA) is 93.0 Å². The summed E-state index contributed by atoms with van der Waals surface area (Å²) < 4.78 is 2.23. The van der Waals surface area contributed by atoms with Gasteiger partial charge in [-0.3, -0.25) is 9.59 Å². The van der Waals surface area contributed by atoms with Crippen LogP contribution < -0.4 is 5.32 Å². The van der Waals surface area contributed by atoms with Crippen molar-refractivity contribution >= 4 is 34.5 Å². The number of amides is 1. The van der Waals surface area contributed by atoms with Crippen LogP contribution in [0.5, 0.6) is 0 Å². The van der Waals surface area contributed by atoms with Crippen LogP contribution in [0, 0.1) is 0 Å². The van der Waals surface area contributed by atoms with Crippen molar-refractivity contribution in [1.82, 2.24) is 24.4 Å². The molecule has 0 atom stereocenters. The predicted octanol–water partition coefficient (Wildman–Crippen LogP) is 3.52. The van der Waals surface area contributed by atoms with Gasteiger partial charge in [-0.2, -0.15) is 4.98 Å². The molecule has 1 fully saturated rings. The summed E-state index contributed by atoms with van der Waals surface area (Å²) in [7, 11) is 3.55. The fourth-order valence-corrected chi connectivity index (χ4v) is 3.93. The summed E-state index contributed by atoms with van der Waals surface area (Å²) in [6, 6.07) is 5.84. The van der Waals surface area contributed by atoms with Crippen molar-refractivity contribution in [3.63, 3.8) is 0 Å². The summed E-state index contributed by atoms with van der Waals surface area (Å²) in [4.78, 5) is 38.9. The van der Waals surface area contributed by atoms with Crippen LogP contribution in [0.25, 0.3) is 11.0 Å². The van der Waals surface area contributed by atoms with Crippen molar-refractivity contribution in [2.24, 2.45) is 0 Å². The molecule has 0 spiro atoms. The van der Waals surface area contributed by atoms with E-state index in [-0.39, 0.29) is 11.7 Å². The first kappa shape index (κ1) is 20.0. The normalized spacial score (nSPS) is 14.2. The molecule has 1 amide bonds. The van der Waals surface area contributed by atoms with E-state index in [1.54, 1.807) is 37.3 Å². The number of nitrogens with zero attached hydrogens (tertiary/aromatic N) is 5. The molecule has 1 N–H and O–H groups in total. The second kappa shape index (κ2) is 8.22. The Morgan fingerprint density at radius 2 is 1.93 bits per heavy atom. The Morgan fingerprint density at radius 1 is 1.17 bits per heavy atom. The highest BCUT2D eigenvalue weighted by Gasteiger charge is 2.24. The van der Waals surface area contributed by atoms with Crippen LogP contribution in [-0.2, 0) is 11.2 Å². The van der Waals surface area contributed by atoms with Gasteiger partial charge in [-0.05, 0) is 38.0 Å². The van der Waals surface area contributed by atoms with Crippen molar-refractivity contribution < 1.29 is 9.59 Å². The lowest BCUT2D eigenvalue weighted by atomic mass is 10.2. The second-order valence-corrected chi connectivity index (χ2v) is 7.99. The molecular weight excluding hydrogens is 380 g/mol. The number of likely N-dealkylation sites (N-methyl/N-ethyl adjacent to an activating group) is 1. The Labute approximate surface area is 175 Å². The van der Waals surface area contributed by atoms with Gasteiger partial charge in [0, 0.05) is 49.2 Å². The summed E-state index contributed by atoms with van der Waals surface area (Å²) in [5, 5.41) is 4.04. The molecular formula is C22H26N6O2. The number of ketones is 1. The van der Waals surface area contributed by atoms with Gasteiger partial charge < -0.3 is 14.8 Å². The van der Waals surface area contributed by atoms with E-state index in [1.807, 2.05) is 6.07 Å². The largest absolute Gasteiger partial charge is 0.348 e. The number of rotatable bonds is 6. The number of anilines is 2. The van der Waals surface area contributed by atoms with Crippen LogP contribution in [0.4, 0.5) is 11.8 Å². The second-order valence-electron chi connectivity index (χ2n) is 7.99. The minimum absolute atomic E-state index is 0.0269. The lowest BCUT2D eigenvalue weighted by Gasteiger charge is -2.18. The lowest BCUT2D eigenvalue weighted by molar-refractivity contribution is -0.128. The third-order valence-electron chi connectivity index (χ3n) is 5.59. The highest BCUT2D eigenvalue weighted by atomic mass is 16.2. The third kappa shape index (κ3) is 4.03.